The highest BCUT2D eigenvalue weighted by Crippen LogP contribution is 2.32. The Morgan fingerprint density at radius 2 is 1.41 bits per heavy atom. The molecular formula is C19H30N2O6S2. The fourth-order valence-corrected chi connectivity index (χ4v) is 5.97. The van der Waals surface area contributed by atoms with Crippen molar-refractivity contribution in [2.75, 3.05) is 32.8 Å². The lowest BCUT2D eigenvalue weighted by Crippen LogP contribution is -2.35. The van der Waals surface area contributed by atoms with E-state index in [0.717, 1.165) is 12.8 Å². The summed E-state index contributed by atoms with van der Waals surface area (Å²) in [5.41, 5.74) is 0. The van der Waals surface area contributed by atoms with Crippen molar-refractivity contribution in [3.63, 3.8) is 0 Å². The van der Waals surface area contributed by atoms with Crippen LogP contribution in [-0.4, -0.2) is 64.2 Å². The summed E-state index contributed by atoms with van der Waals surface area (Å²) in [6.07, 6.45) is 1.91. The second-order valence-electron chi connectivity index (χ2n) is 6.92. The van der Waals surface area contributed by atoms with Crippen molar-refractivity contribution in [2.24, 2.45) is 5.92 Å². The average molecular weight is 447 g/mol. The van der Waals surface area contributed by atoms with Crippen molar-refractivity contribution < 1.29 is 26.4 Å². The first kappa shape index (κ1) is 23.8. The lowest BCUT2D eigenvalue weighted by molar-refractivity contribution is -0.143. The highest BCUT2D eigenvalue weighted by molar-refractivity contribution is 7.89. The maximum absolute atomic E-state index is 13.1. The molecule has 1 aliphatic carbocycles. The molecule has 1 aromatic rings. The molecule has 8 nitrogen and oxygen atoms in total. The average Bonchev–Trinajstić information content (AvgIpc) is 3.50. The van der Waals surface area contributed by atoms with Crippen LogP contribution in [0, 0.1) is 5.92 Å². The number of sulfonamides is 2. The molecule has 0 heterocycles. The van der Waals surface area contributed by atoms with Gasteiger partial charge in [0, 0.05) is 26.2 Å². The van der Waals surface area contributed by atoms with Gasteiger partial charge in [0.1, 0.15) is 0 Å². The number of carbonyl (C=O) groups excluding carboxylic acids is 1. The molecule has 0 radical (unpaired) electrons. The third-order valence-corrected chi connectivity index (χ3v) is 8.78. The van der Waals surface area contributed by atoms with Crippen molar-refractivity contribution in [3.8, 4) is 0 Å². The van der Waals surface area contributed by atoms with E-state index in [1.54, 1.807) is 20.8 Å². The predicted octanol–water partition coefficient (Wildman–Crippen LogP) is 2.07. The summed E-state index contributed by atoms with van der Waals surface area (Å²) in [5, 5.41) is 0. The molecule has 0 N–H and O–H groups in total. The smallest absolute Gasteiger partial charge is 0.307 e. The fraction of sp³-hybridized carbons (Fsp3) is 0.632. The van der Waals surface area contributed by atoms with E-state index < -0.39 is 26.0 Å². The van der Waals surface area contributed by atoms with Crippen LogP contribution < -0.4 is 0 Å². The minimum absolute atomic E-state index is 0.0144. The van der Waals surface area contributed by atoms with E-state index in [4.69, 9.17) is 4.74 Å². The monoisotopic (exact) mass is 446 g/mol. The Morgan fingerprint density at radius 3 is 1.83 bits per heavy atom. The summed E-state index contributed by atoms with van der Waals surface area (Å²) in [4.78, 5) is 11.7. The number of nitrogens with zero attached hydrogens (tertiary/aromatic N) is 2. The van der Waals surface area contributed by atoms with Crippen molar-refractivity contribution in [1.82, 2.24) is 8.61 Å². The van der Waals surface area contributed by atoms with Crippen LogP contribution in [0.25, 0.3) is 0 Å². The third-order valence-electron chi connectivity index (χ3n) is 4.83. The van der Waals surface area contributed by atoms with Crippen LogP contribution in [0.5, 0.6) is 0 Å². The quantitative estimate of drug-likeness (QED) is 0.456. The fourth-order valence-electron chi connectivity index (χ4n) is 2.99. The van der Waals surface area contributed by atoms with Crippen LogP contribution in [0.15, 0.2) is 34.1 Å². The summed E-state index contributed by atoms with van der Waals surface area (Å²) in [7, 11) is -7.50. The first-order valence-corrected chi connectivity index (χ1v) is 12.8. The van der Waals surface area contributed by atoms with Gasteiger partial charge >= 0.3 is 5.97 Å². The van der Waals surface area contributed by atoms with Gasteiger partial charge in [-0.3, -0.25) is 4.79 Å². The first-order chi connectivity index (χ1) is 13.7. The van der Waals surface area contributed by atoms with Crippen LogP contribution in [0.4, 0.5) is 0 Å². The predicted molar refractivity (Wildman–Crippen MR) is 109 cm³/mol. The van der Waals surface area contributed by atoms with E-state index in [2.05, 4.69) is 0 Å². The Morgan fingerprint density at radius 1 is 0.931 bits per heavy atom. The number of carbonyl (C=O) groups is 1. The molecule has 0 bridgehead atoms. The molecule has 0 amide bonds. The molecule has 1 fully saturated rings. The van der Waals surface area contributed by atoms with Gasteiger partial charge in [-0.15, -0.1) is 0 Å². The lowest BCUT2D eigenvalue weighted by atomic mass is 10.4. The Labute approximate surface area is 173 Å². The minimum atomic E-state index is -3.84. The summed E-state index contributed by atoms with van der Waals surface area (Å²) in [6.45, 7) is 6.50. The zero-order chi connectivity index (χ0) is 21.7. The molecule has 2 rings (SSSR count). The van der Waals surface area contributed by atoms with Gasteiger partial charge < -0.3 is 4.74 Å². The van der Waals surface area contributed by atoms with E-state index in [1.807, 2.05) is 0 Å². The van der Waals surface area contributed by atoms with Gasteiger partial charge in [0.15, 0.2) is 0 Å². The van der Waals surface area contributed by atoms with Crippen molar-refractivity contribution in [3.05, 3.63) is 24.3 Å². The molecule has 29 heavy (non-hydrogen) atoms. The molecule has 0 unspecified atom stereocenters. The molecule has 10 heteroatoms. The zero-order valence-electron chi connectivity index (χ0n) is 17.2. The van der Waals surface area contributed by atoms with Crippen LogP contribution >= 0.6 is 0 Å². The normalized spacial score (nSPS) is 15.1. The van der Waals surface area contributed by atoms with Crippen molar-refractivity contribution in [1.29, 1.82) is 0 Å². The van der Waals surface area contributed by atoms with Gasteiger partial charge in [0.05, 0.1) is 22.8 Å². The topological polar surface area (TPSA) is 101 Å². The Balaban J connectivity index is 2.23. The standard InChI is InChI=1S/C19H30N2O6S2/c1-4-20(5-2)28(23,24)17-9-11-18(12-10-17)29(25,26)21(15-16-7-8-16)14-13-19(22)27-6-3/h9-12,16H,4-8,13-15H2,1-3H3. The van der Waals surface area contributed by atoms with Gasteiger partial charge in [-0.05, 0) is 49.9 Å². The van der Waals surface area contributed by atoms with Crippen LogP contribution in [-0.2, 0) is 29.6 Å². The summed E-state index contributed by atoms with van der Waals surface area (Å²) in [5.74, 6) is -0.140. The second kappa shape index (κ2) is 10.0. The number of hydrogen-bond acceptors (Lipinski definition) is 6. The van der Waals surface area contributed by atoms with Gasteiger partial charge in [-0.1, -0.05) is 13.8 Å². The second-order valence-corrected chi connectivity index (χ2v) is 10.8. The van der Waals surface area contributed by atoms with E-state index in [9.17, 15) is 21.6 Å². The Kier molecular flexibility index (Phi) is 8.21. The van der Waals surface area contributed by atoms with Gasteiger partial charge in [-0.2, -0.15) is 8.61 Å². The molecular weight excluding hydrogens is 416 g/mol. The van der Waals surface area contributed by atoms with Gasteiger partial charge in [0.25, 0.3) is 0 Å². The number of esters is 1. The first-order valence-electron chi connectivity index (χ1n) is 9.92. The largest absolute Gasteiger partial charge is 0.466 e. The molecule has 1 saturated carbocycles. The summed E-state index contributed by atoms with van der Waals surface area (Å²) >= 11 is 0. The number of hydrogen-bond donors (Lipinski definition) is 0. The van der Waals surface area contributed by atoms with Gasteiger partial charge in [-0.25, -0.2) is 16.8 Å². The Bertz CT molecular complexity index is 889. The van der Waals surface area contributed by atoms with E-state index in [1.165, 1.54) is 32.9 Å². The molecule has 164 valence electrons. The zero-order valence-corrected chi connectivity index (χ0v) is 18.8. The number of rotatable bonds is 12. The summed E-state index contributed by atoms with van der Waals surface area (Å²) < 4.78 is 58.9. The number of ether oxygens (including phenoxy) is 1. The van der Waals surface area contributed by atoms with Crippen molar-refractivity contribution >= 4 is 26.0 Å². The molecule has 1 aromatic carbocycles. The maximum Gasteiger partial charge on any atom is 0.307 e. The highest BCUT2D eigenvalue weighted by Gasteiger charge is 2.32. The maximum atomic E-state index is 13.1. The molecule has 0 saturated heterocycles. The molecule has 0 atom stereocenters. The molecule has 1 aliphatic rings. The van der Waals surface area contributed by atoms with Crippen LogP contribution in [0.3, 0.4) is 0 Å². The van der Waals surface area contributed by atoms with E-state index in [0.29, 0.717) is 25.6 Å². The van der Waals surface area contributed by atoms with E-state index in [-0.39, 0.29) is 29.4 Å². The molecule has 0 aliphatic heterocycles. The minimum Gasteiger partial charge on any atom is -0.466 e. The molecule has 0 spiro atoms. The van der Waals surface area contributed by atoms with Crippen molar-refractivity contribution in [2.45, 2.75) is 49.8 Å². The highest BCUT2D eigenvalue weighted by atomic mass is 32.2. The van der Waals surface area contributed by atoms with Crippen LogP contribution in [0.1, 0.15) is 40.0 Å². The van der Waals surface area contributed by atoms with Gasteiger partial charge in [0.2, 0.25) is 20.0 Å². The molecule has 0 aromatic heterocycles. The SMILES string of the molecule is CCOC(=O)CCN(CC1CC1)S(=O)(=O)c1ccc(S(=O)(=O)N(CC)CC)cc1. The number of benzene rings is 1. The summed E-state index contributed by atoms with van der Waals surface area (Å²) in [6, 6.07) is 5.27. The third kappa shape index (κ3) is 6.00. The van der Waals surface area contributed by atoms with Crippen LogP contribution in [0.2, 0.25) is 0 Å². The van der Waals surface area contributed by atoms with E-state index >= 15 is 0 Å². The Hall–Kier alpha value is -1.49. The lowest BCUT2D eigenvalue weighted by Gasteiger charge is -2.22.